The molecule has 2 aromatic rings. The number of halogens is 3. The monoisotopic (exact) mass is 407 g/mol. The molecule has 0 saturated carbocycles. The van der Waals surface area contributed by atoms with E-state index in [4.69, 9.17) is 16.3 Å². The van der Waals surface area contributed by atoms with Crippen molar-refractivity contribution in [1.29, 1.82) is 0 Å². The van der Waals surface area contributed by atoms with Gasteiger partial charge >= 0.3 is 5.97 Å². The van der Waals surface area contributed by atoms with Crippen molar-refractivity contribution >= 4 is 23.8 Å². The Labute approximate surface area is 169 Å². The summed E-state index contributed by atoms with van der Waals surface area (Å²) >= 11 is 5.88. The van der Waals surface area contributed by atoms with Crippen molar-refractivity contribution in [2.24, 2.45) is 4.99 Å². The maximum atomic E-state index is 14.4. The molecule has 0 heterocycles. The minimum atomic E-state index is -1.44. The Balaban J connectivity index is 2.42. The van der Waals surface area contributed by atoms with Gasteiger partial charge in [-0.25, -0.2) is 13.6 Å². The van der Waals surface area contributed by atoms with Gasteiger partial charge in [0.25, 0.3) is 0 Å². The van der Waals surface area contributed by atoms with E-state index in [1.54, 1.807) is 52.0 Å². The molecule has 2 aromatic carbocycles. The number of esters is 1. The average molecular weight is 408 g/mol. The summed E-state index contributed by atoms with van der Waals surface area (Å²) in [5.41, 5.74) is -1.20. The summed E-state index contributed by atoms with van der Waals surface area (Å²) in [5.74, 6) is -2.52. The van der Waals surface area contributed by atoms with Crippen LogP contribution < -0.4 is 0 Å². The molecule has 2 rings (SSSR count). The van der Waals surface area contributed by atoms with Crippen LogP contribution in [0.3, 0.4) is 0 Å². The molecule has 0 aromatic heterocycles. The number of ether oxygens (including phenoxy) is 1. The van der Waals surface area contributed by atoms with Crippen LogP contribution in [-0.4, -0.2) is 23.3 Å². The zero-order valence-electron chi connectivity index (χ0n) is 16.6. The van der Waals surface area contributed by atoms with E-state index >= 15 is 0 Å². The molecule has 0 bridgehead atoms. The van der Waals surface area contributed by atoms with Crippen LogP contribution in [0.1, 0.15) is 44.4 Å². The highest BCUT2D eigenvalue weighted by Gasteiger charge is 2.38. The van der Waals surface area contributed by atoms with Crippen molar-refractivity contribution < 1.29 is 18.3 Å². The van der Waals surface area contributed by atoms with Crippen LogP contribution in [0.4, 0.5) is 8.78 Å². The number of hydrogen-bond donors (Lipinski definition) is 0. The lowest BCUT2D eigenvalue weighted by atomic mass is 9.92. The lowest BCUT2D eigenvalue weighted by Gasteiger charge is -2.29. The number of carbonyl (C=O) groups is 1. The molecule has 0 aliphatic rings. The Kier molecular flexibility index (Phi) is 6.60. The minimum Gasteiger partial charge on any atom is -0.458 e. The zero-order valence-corrected chi connectivity index (χ0v) is 17.4. The van der Waals surface area contributed by atoms with Crippen molar-refractivity contribution in [3.63, 3.8) is 0 Å². The summed E-state index contributed by atoms with van der Waals surface area (Å²) in [6.07, 6.45) is 1.36. The fourth-order valence-electron chi connectivity index (χ4n) is 2.52. The summed E-state index contributed by atoms with van der Waals surface area (Å²) in [7, 11) is 0. The third kappa shape index (κ3) is 5.61. The average Bonchev–Trinajstić information content (AvgIpc) is 2.60. The van der Waals surface area contributed by atoms with E-state index in [2.05, 4.69) is 4.99 Å². The van der Waals surface area contributed by atoms with Gasteiger partial charge in [-0.15, -0.1) is 0 Å². The second-order valence-corrected chi connectivity index (χ2v) is 8.37. The second-order valence-electron chi connectivity index (χ2n) is 7.93. The first-order valence-electron chi connectivity index (χ1n) is 8.89. The topological polar surface area (TPSA) is 38.7 Å². The van der Waals surface area contributed by atoms with E-state index in [-0.39, 0.29) is 17.5 Å². The van der Waals surface area contributed by atoms with Crippen LogP contribution in [0.25, 0.3) is 0 Å². The Bertz CT molecular complexity index is 889. The highest BCUT2D eigenvalue weighted by atomic mass is 35.5. The lowest BCUT2D eigenvalue weighted by molar-refractivity contribution is -0.160. The summed E-state index contributed by atoms with van der Waals surface area (Å²) in [4.78, 5) is 17.2. The second kappa shape index (κ2) is 8.39. The van der Waals surface area contributed by atoms with E-state index in [1.165, 1.54) is 25.3 Å². The molecular weight excluding hydrogens is 384 g/mol. The molecule has 0 N–H and O–H groups in total. The normalized spacial score (nSPS) is 14.1. The Morgan fingerprint density at radius 2 is 1.68 bits per heavy atom. The Hall–Kier alpha value is -2.27. The van der Waals surface area contributed by atoms with Crippen molar-refractivity contribution in [3.8, 4) is 0 Å². The zero-order chi connectivity index (χ0) is 21.1. The Morgan fingerprint density at radius 3 is 2.25 bits per heavy atom. The van der Waals surface area contributed by atoms with E-state index in [0.29, 0.717) is 5.02 Å². The van der Waals surface area contributed by atoms with Crippen molar-refractivity contribution in [2.45, 2.75) is 52.2 Å². The van der Waals surface area contributed by atoms with Gasteiger partial charge < -0.3 is 4.74 Å². The van der Waals surface area contributed by atoms with Gasteiger partial charge in [-0.1, -0.05) is 35.9 Å². The van der Waals surface area contributed by atoms with Crippen LogP contribution in [0.2, 0.25) is 5.02 Å². The molecule has 0 saturated heterocycles. The third-order valence-electron chi connectivity index (χ3n) is 4.10. The van der Waals surface area contributed by atoms with E-state index < -0.39 is 28.7 Å². The Morgan fingerprint density at radius 1 is 1.07 bits per heavy atom. The molecule has 150 valence electrons. The van der Waals surface area contributed by atoms with Gasteiger partial charge in [0.15, 0.2) is 17.2 Å². The molecule has 0 spiro atoms. The number of aliphatic imine (C=N–C) groups is 1. The SMILES string of the molecule is Cc1ccc(C[C@](C)(N=Cc2ccc(Cl)cc2)C(=O)OC(C)(C)C)c(F)c1F. The number of carbonyl (C=O) groups excluding carboxylic acids is 1. The molecule has 28 heavy (non-hydrogen) atoms. The molecule has 1 atom stereocenters. The molecule has 0 radical (unpaired) electrons. The number of rotatable bonds is 5. The summed E-state index contributed by atoms with van der Waals surface area (Å²) in [6.45, 7) is 8.24. The van der Waals surface area contributed by atoms with Gasteiger partial charge in [-0.2, -0.15) is 0 Å². The summed E-state index contributed by atoms with van der Waals surface area (Å²) < 4.78 is 33.9. The maximum Gasteiger partial charge on any atom is 0.334 e. The van der Waals surface area contributed by atoms with E-state index in [9.17, 15) is 13.6 Å². The van der Waals surface area contributed by atoms with Gasteiger partial charge in [0.2, 0.25) is 0 Å². The van der Waals surface area contributed by atoms with Gasteiger partial charge in [0, 0.05) is 17.7 Å². The summed E-state index contributed by atoms with van der Waals surface area (Å²) in [6, 6.07) is 9.83. The predicted molar refractivity (Wildman–Crippen MR) is 108 cm³/mol. The number of aryl methyl sites for hydroxylation is 1. The predicted octanol–water partition coefficient (Wildman–Crippen LogP) is 5.69. The first-order chi connectivity index (χ1) is 12.9. The molecule has 6 heteroatoms. The van der Waals surface area contributed by atoms with Crippen molar-refractivity contribution in [1.82, 2.24) is 0 Å². The van der Waals surface area contributed by atoms with Gasteiger partial charge in [-0.05, 0) is 63.4 Å². The van der Waals surface area contributed by atoms with Gasteiger partial charge in [-0.3, -0.25) is 4.99 Å². The number of nitrogens with zero attached hydrogens (tertiary/aromatic N) is 1. The molecule has 0 unspecified atom stereocenters. The molecule has 0 aliphatic heterocycles. The van der Waals surface area contributed by atoms with Crippen molar-refractivity contribution in [3.05, 3.63) is 69.7 Å². The number of hydrogen-bond acceptors (Lipinski definition) is 3. The van der Waals surface area contributed by atoms with Gasteiger partial charge in [0.05, 0.1) is 0 Å². The van der Waals surface area contributed by atoms with Crippen LogP contribution >= 0.6 is 11.6 Å². The van der Waals surface area contributed by atoms with Gasteiger partial charge in [0.1, 0.15) is 5.60 Å². The largest absolute Gasteiger partial charge is 0.458 e. The van der Waals surface area contributed by atoms with Crippen LogP contribution in [0.15, 0.2) is 41.4 Å². The van der Waals surface area contributed by atoms with Crippen LogP contribution in [0, 0.1) is 18.6 Å². The lowest BCUT2D eigenvalue weighted by Crippen LogP contribution is -2.42. The fraction of sp³-hybridized carbons (Fsp3) is 0.364. The third-order valence-corrected chi connectivity index (χ3v) is 4.35. The first kappa shape index (κ1) is 22.0. The van der Waals surface area contributed by atoms with E-state index in [0.717, 1.165) is 5.56 Å². The van der Waals surface area contributed by atoms with E-state index in [1.807, 2.05) is 0 Å². The highest BCUT2D eigenvalue weighted by Crippen LogP contribution is 2.26. The maximum absolute atomic E-state index is 14.4. The molecule has 0 aliphatic carbocycles. The standard InChI is InChI=1S/C22H24ClF2NO2/c1-14-6-9-16(19(25)18(14)24)12-22(5,20(27)28-21(2,3)4)26-13-15-7-10-17(23)11-8-15/h6-11,13H,12H2,1-5H3/t22-/m0/s1. The fourth-order valence-corrected chi connectivity index (χ4v) is 2.64. The van der Waals surface area contributed by atoms with Crippen molar-refractivity contribution in [2.75, 3.05) is 0 Å². The quantitative estimate of drug-likeness (QED) is 0.471. The number of benzene rings is 2. The smallest absolute Gasteiger partial charge is 0.334 e. The highest BCUT2D eigenvalue weighted by molar-refractivity contribution is 6.30. The first-order valence-corrected chi connectivity index (χ1v) is 9.27. The van der Waals surface area contributed by atoms with Crippen LogP contribution in [-0.2, 0) is 16.0 Å². The molecular formula is C22H24ClF2NO2. The minimum absolute atomic E-state index is 0.0599. The molecule has 0 amide bonds. The van der Waals surface area contributed by atoms with Crippen LogP contribution in [0.5, 0.6) is 0 Å². The summed E-state index contributed by atoms with van der Waals surface area (Å²) in [5, 5.41) is 0.573. The molecule has 0 fully saturated rings. The molecule has 3 nitrogen and oxygen atoms in total.